The molecule has 0 aliphatic carbocycles. The van der Waals surface area contributed by atoms with E-state index in [4.69, 9.17) is 39.0 Å². The van der Waals surface area contributed by atoms with Gasteiger partial charge >= 0.3 is 12.1 Å². The molecule has 64 heavy (non-hydrogen) atoms. The van der Waals surface area contributed by atoms with E-state index in [1.54, 1.807) is 55.7 Å². The van der Waals surface area contributed by atoms with E-state index in [2.05, 4.69) is 5.16 Å². The first-order valence-electron chi connectivity index (χ1n) is 21.8. The van der Waals surface area contributed by atoms with Crippen molar-refractivity contribution in [2.45, 2.75) is 148 Å². The van der Waals surface area contributed by atoms with Crippen LogP contribution in [0.25, 0.3) is 17.0 Å². The average Bonchev–Trinajstić information content (AvgIpc) is 3.56. The van der Waals surface area contributed by atoms with Gasteiger partial charge in [-0.25, -0.2) is 14.0 Å². The molecule has 3 aliphatic heterocycles. The summed E-state index contributed by atoms with van der Waals surface area (Å²) >= 11 is 0. The maximum absolute atomic E-state index is 17.1. The van der Waals surface area contributed by atoms with Gasteiger partial charge in [0, 0.05) is 41.9 Å². The second-order valence-electron chi connectivity index (χ2n) is 18.1. The van der Waals surface area contributed by atoms with Gasteiger partial charge < -0.3 is 53.6 Å². The van der Waals surface area contributed by atoms with Crippen molar-refractivity contribution in [2.75, 3.05) is 27.8 Å². The van der Waals surface area contributed by atoms with Gasteiger partial charge in [0.15, 0.2) is 23.8 Å². The molecule has 18 heteroatoms. The number of likely N-dealkylation sites (N-methyl/N-ethyl adjacent to an activating group) is 1. The van der Waals surface area contributed by atoms with Gasteiger partial charge in [-0.3, -0.25) is 14.4 Å². The summed E-state index contributed by atoms with van der Waals surface area (Å²) in [6.07, 6.45) is -2.40. The van der Waals surface area contributed by atoms with E-state index in [-0.39, 0.29) is 30.4 Å². The number of ether oxygens (including phenoxy) is 6. The van der Waals surface area contributed by atoms with Gasteiger partial charge in [-0.15, -0.1) is 0 Å². The third-order valence-electron chi connectivity index (χ3n) is 13.1. The van der Waals surface area contributed by atoms with Gasteiger partial charge in [0.25, 0.3) is 11.6 Å². The summed E-state index contributed by atoms with van der Waals surface area (Å²) in [6, 6.07) is 4.77. The molecule has 1 aromatic carbocycles. The molecule has 1 amide bonds. The number of esters is 1. The number of ketones is 1. The Morgan fingerprint density at radius 3 is 2.38 bits per heavy atom. The molecule has 3 saturated heterocycles. The van der Waals surface area contributed by atoms with Crippen molar-refractivity contribution in [2.24, 2.45) is 28.6 Å². The molecule has 3 fully saturated rings. The number of alkyl halides is 1. The molecule has 3 aliphatic rings. The Kier molecular flexibility index (Phi) is 15.5. The lowest BCUT2D eigenvalue weighted by molar-refractivity contribution is -0.296. The first-order chi connectivity index (χ1) is 29.9. The molecule has 354 valence electrons. The number of fused-ring (bicyclic) bond motifs is 2. The maximum atomic E-state index is 17.1. The number of carbonyl (C=O) groups excluding carboxylic acids is 4. The van der Waals surface area contributed by atoms with Crippen LogP contribution in [0.5, 0.6) is 0 Å². The van der Waals surface area contributed by atoms with E-state index in [0.29, 0.717) is 29.8 Å². The standard InChI is InChI=1S/C46H65FN4O13/c1-13-33-46(9)39(63-43(57)64-46)26(5)34(49-58-12)24(3)22-44(7,59-19-15-16-28-17-18-31-29(21-28)35(52)30(40(48)55)23-51(31)14-2)38(27(6)37(54)45(8,47)42(56)61-33)62-41-36(53)32(50(10)11)20-25(4)60-41/h15-18,21,23-27,32-33,36,38-39,41,53H,13-14,19-20,22H2,1-12H3,(H2,48,55)/b16-15+,49-34+/t24-,25-,26+,27+,32+,33-,36-,38-,39-,41+,44-,45+,46-/m1/s1. The molecule has 5 rings (SSSR count). The zero-order chi connectivity index (χ0) is 47.6. The summed E-state index contributed by atoms with van der Waals surface area (Å²) in [5.41, 5.74) is 0.0185. The first-order valence-corrected chi connectivity index (χ1v) is 21.8. The van der Waals surface area contributed by atoms with Crippen molar-refractivity contribution in [1.82, 2.24) is 9.47 Å². The van der Waals surface area contributed by atoms with Crippen LogP contribution in [0.15, 0.2) is 40.4 Å². The smallest absolute Gasteiger partial charge is 0.455 e. The number of aromatic nitrogens is 1. The minimum absolute atomic E-state index is 0.0104. The molecular weight excluding hydrogens is 836 g/mol. The third-order valence-corrected chi connectivity index (χ3v) is 13.1. The van der Waals surface area contributed by atoms with Crippen molar-refractivity contribution in [3.05, 3.63) is 51.8 Å². The second-order valence-corrected chi connectivity index (χ2v) is 18.1. The van der Waals surface area contributed by atoms with Crippen LogP contribution in [0.3, 0.4) is 0 Å². The van der Waals surface area contributed by atoms with E-state index in [0.717, 1.165) is 6.92 Å². The summed E-state index contributed by atoms with van der Waals surface area (Å²) in [7, 11) is 4.98. The largest absolute Gasteiger partial charge is 0.509 e. The fraction of sp³-hybridized carbons (Fsp3) is 0.652. The molecule has 3 N–H and O–H groups in total. The highest BCUT2D eigenvalue weighted by Gasteiger charge is 2.60. The SMILES string of the molecule is CC[C@H]1OC(=O)[C@@](C)(F)C(=O)[C@H](C)[C@@H](O[C@@H]2O[C@H](C)C[C@H](N(C)C)[C@H]2O)[C@](C)(OC/C=C/c2ccc3c(c2)c(=O)c(C(N)=O)cn3CC)C[C@@H](C)/C(=N\OC)[C@H](C)[C@H]2OC(=O)O[C@@]21C. The quantitative estimate of drug-likeness (QED) is 0.174. The number of halogens is 1. The van der Waals surface area contributed by atoms with E-state index < -0.39 is 107 Å². The van der Waals surface area contributed by atoms with Gasteiger partial charge in [-0.1, -0.05) is 51.1 Å². The van der Waals surface area contributed by atoms with E-state index in [1.807, 2.05) is 39.8 Å². The van der Waals surface area contributed by atoms with Crippen LogP contribution in [0, 0.1) is 17.8 Å². The number of Topliss-reactive ketones (excluding diaryl/α,β-unsaturated/α-hetero) is 1. The van der Waals surface area contributed by atoms with Crippen LogP contribution in [0.4, 0.5) is 9.18 Å². The molecule has 13 atom stereocenters. The number of cyclic esters (lactones) is 1. The number of hydrogen-bond donors (Lipinski definition) is 2. The highest BCUT2D eigenvalue weighted by molar-refractivity contribution is 6.08. The molecule has 0 spiro atoms. The van der Waals surface area contributed by atoms with E-state index >= 15 is 4.39 Å². The number of rotatable bonds is 11. The molecular formula is C46H65FN4O13. The second kappa shape index (κ2) is 19.8. The lowest BCUT2D eigenvalue weighted by atomic mass is 9.73. The monoisotopic (exact) mass is 900 g/mol. The summed E-state index contributed by atoms with van der Waals surface area (Å²) < 4.78 is 55.6. The van der Waals surface area contributed by atoms with Crippen molar-refractivity contribution in [3.63, 3.8) is 0 Å². The van der Waals surface area contributed by atoms with Crippen molar-refractivity contribution in [3.8, 4) is 0 Å². The Balaban J connectivity index is 1.64. The third kappa shape index (κ3) is 9.90. The average molecular weight is 901 g/mol. The molecule has 1 aromatic heterocycles. The predicted molar refractivity (Wildman–Crippen MR) is 234 cm³/mol. The van der Waals surface area contributed by atoms with Crippen LogP contribution in [-0.2, 0) is 49.4 Å². The minimum atomic E-state index is -3.25. The molecule has 0 radical (unpaired) electrons. The number of aryl methyl sites for hydroxylation is 1. The Morgan fingerprint density at radius 1 is 1.08 bits per heavy atom. The van der Waals surface area contributed by atoms with E-state index in [9.17, 15) is 29.1 Å². The Hall–Kier alpha value is -4.75. The summed E-state index contributed by atoms with van der Waals surface area (Å²) in [5.74, 6) is -6.34. The Morgan fingerprint density at radius 2 is 1.77 bits per heavy atom. The molecule has 0 saturated carbocycles. The summed E-state index contributed by atoms with van der Waals surface area (Å²) in [4.78, 5) is 74.0. The number of oxime groups is 1. The maximum Gasteiger partial charge on any atom is 0.509 e. The van der Waals surface area contributed by atoms with Crippen LogP contribution in [-0.4, -0.2) is 132 Å². The number of nitrogens with zero attached hydrogens (tertiary/aromatic N) is 3. The van der Waals surface area contributed by atoms with Crippen LogP contribution in [0.1, 0.15) is 97.5 Å². The number of hydrogen-bond acceptors (Lipinski definition) is 15. The Labute approximate surface area is 373 Å². The highest BCUT2D eigenvalue weighted by Crippen LogP contribution is 2.43. The number of primary amides is 1. The van der Waals surface area contributed by atoms with Gasteiger partial charge in [0.05, 0.1) is 35.6 Å². The molecule has 2 aromatic rings. The fourth-order valence-corrected chi connectivity index (χ4v) is 9.66. The van der Waals surface area contributed by atoms with Crippen molar-refractivity contribution >= 4 is 46.5 Å². The van der Waals surface area contributed by atoms with Crippen LogP contribution < -0.4 is 11.2 Å². The number of carbonyl (C=O) groups is 4. The molecule has 17 nitrogen and oxygen atoms in total. The number of amides is 1. The van der Waals surface area contributed by atoms with Gasteiger partial charge in [-0.2, -0.15) is 0 Å². The molecule has 0 bridgehead atoms. The summed E-state index contributed by atoms with van der Waals surface area (Å²) in [6.45, 7) is 14.7. The first kappa shape index (κ1) is 50.3. The lowest BCUT2D eigenvalue weighted by Crippen LogP contribution is -2.61. The number of aliphatic hydroxyl groups is 1. The normalized spacial score (nSPS) is 36.1. The van der Waals surface area contributed by atoms with Crippen LogP contribution >= 0.6 is 0 Å². The molecule has 4 heterocycles. The zero-order valence-electron chi connectivity index (χ0n) is 38.9. The van der Waals surface area contributed by atoms with E-state index in [1.165, 1.54) is 27.2 Å². The number of aliphatic hydroxyl groups excluding tert-OH is 1. The fourth-order valence-electron chi connectivity index (χ4n) is 9.66. The van der Waals surface area contributed by atoms with Gasteiger partial charge in [0.1, 0.15) is 24.9 Å². The Bertz CT molecular complexity index is 2190. The number of nitrogens with two attached hydrogens (primary N) is 1. The number of benzene rings is 1. The van der Waals surface area contributed by atoms with Gasteiger partial charge in [0.2, 0.25) is 5.43 Å². The van der Waals surface area contributed by atoms with Gasteiger partial charge in [-0.05, 0) is 85.7 Å². The zero-order valence-corrected chi connectivity index (χ0v) is 38.9. The highest BCUT2D eigenvalue weighted by atomic mass is 19.1. The van der Waals surface area contributed by atoms with Crippen molar-refractivity contribution in [1.29, 1.82) is 0 Å². The molecule has 0 unspecified atom stereocenters. The minimum Gasteiger partial charge on any atom is -0.455 e. The number of pyridine rings is 1. The predicted octanol–water partition coefficient (Wildman–Crippen LogP) is 4.95. The summed E-state index contributed by atoms with van der Waals surface area (Å²) in [5, 5.41) is 16.4. The van der Waals surface area contributed by atoms with Crippen molar-refractivity contribution < 1.29 is 61.9 Å². The van der Waals surface area contributed by atoms with Crippen LogP contribution in [0.2, 0.25) is 0 Å². The topological polar surface area (TPSA) is 217 Å². The lowest BCUT2D eigenvalue weighted by Gasteiger charge is -2.47.